The van der Waals surface area contributed by atoms with Crippen LogP contribution in [0.15, 0.2) is 440 Å². The van der Waals surface area contributed by atoms with E-state index in [1.807, 2.05) is 60.7 Å². The fraction of sp³-hybridized carbons (Fsp3) is 0.114. The number of benzene rings is 14. The molecule has 3 amide bonds. The minimum absolute atomic E-state index is 0. The molecule has 0 saturated carbocycles. The van der Waals surface area contributed by atoms with Gasteiger partial charge in [0.15, 0.2) is 12.8 Å². The van der Waals surface area contributed by atoms with Crippen LogP contribution in [0.25, 0.3) is 0 Å². The maximum atomic E-state index is 12.7. The number of nitrogens with zero attached hydrogens (tertiary/aromatic N) is 5. The smallest absolute Gasteiger partial charge is 0.417 e. The van der Waals surface area contributed by atoms with E-state index in [-0.39, 0.29) is 92.5 Å². The third-order valence-electron chi connectivity index (χ3n) is 18.7. The van der Waals surface area contributed by atoms with Crippen molar-refractivity contribution in [3.05, 3.63) is 425 Å². The molecule has 0 atom stereocenters. The molecule has 0 aliphatic rings. The van der Waals surface area contributed by atoms with Crippen LogP contribution >= 0.6 is 36.0 Å². The highest BCUT2D eigenvalue weighted by Gasteiger charge is 2.24. The molecule has 14 aromatic carbocycles. The van der Waals surface area contributed by atoms with Gasteiger partial charge in [0.05, 0.1) is 122 Å². The number of ether oxygens (including phenoxy) is 8. The second-order valence-corrected chi connectivity index (χ2v) is 38.3. The Morgan fingerprint density at radius 2 is 0.693 bits per heavy atom. The molecule has 0 saturated heterocycles. The summed E-state index contributed by atoms with van der Waals surface area (Å²) in [6.45, 7) is 0.619. The highest BCUT2D eigenvalue weighted by Crippen LogP contribution is 2.34. The number of sulfone groups is 4. The van der Waals surface area contributed by atoms with Crippen LogP contribution in [0.4, 0.5) is 52.9 Å². The lowest BCUT2D eigenvalue weighted by Gasteiger charge is -2.09. The van der Waals surface area contributed by atoms with Crippen molar-refractivity contribution in [1.82, 2.24) is 15.3 Å². The number of nitro benzene ring substituents is 3. The summed E-state index contributed by atoms with van der Waals surface area (Å²) in [7, 11) is -5.47. The molecule has 37 nitrogen and oxygen atoms in total. The number of hydrogen-bond acceptors (Lipinski definition) is 33. The Morgan fingerprint density at radius 1 is 0.380 bits per heavy atom. The van der Waals surface area contributed by atoms with Crippen LogP contribution in [0.3, 0.4) is 0 Å². The minimum atomic E-state index is -3.72. The number of carbonyl (C=O) groups excluding carboxylic acids is 3. The Hall–Kier alpha value is -17.0. The number of methoxy groups -OCH3 is 6. The molecule has 0 aliphatic carbocycles. The monoisotopic (exact) mass is 2190 g/mol. The fourth-order valence-corrected chi connectivity index (χ4v) is 17.7. The molecule has 150 heavy (non-hydrogen) atoms. The van der Waals surface area contributed by atoms with Crippen LogP contribution < -0.4 is 65.3 Å². The Balaban J connectivity index is 0.000000360. The topological polar surface area (TPSA) is 531 Å². The number of oxazole rings is 2. The van der Waals surface area contributed by atoms with Gasteiger partial charge < -0.3 is 68.8 Å². The summed E-state index contributed by atoms with van der Waals surface area (Å²) in [6.07, 6.45) is 5.07. The zero-order chi connectivity index (χ0) is 106. The first-order valence-electron chi connectivity index (χ1n) is 42.0. The lowest BCUT2D eigenvalue weighted by atomic mass is 10.3. The van der Waals surface area contributed by atoms with Crippen LogP contribution in [0.5, 0.6) is 46.0 Å². The van der Waals surface area contributed by atoms with Gasteiger partial charge in [-0.2, -0.15) is 0 Å². The van der Waals surface area contributed by atoms with Gasteiger partial charge in [-0.25, -0.2) is 62.4 Å². The number of hydrogen-bond donors (Lipinski definition) is 6. The minimum Gasteiger partial charge on any atom is -0.497 e. The standard InChI is InChI=1S/C20H17NO5S.C18H17N3O5S.C13H11NO5S.C13H13NO3S.C13H11NO3S.C7H5ClO2.C7H8OS.C6H4FNO2.C4H6N2O.4CH4/c1-25-17-8-5-9-19(14-17)27(23,24)18-12-10-15(11-13-18)21-20(22)26-16-6-3-2-4-7-16;1-25-14-3-2-4-17(9-14)27(23,24)16-7-5-13(6-8-16)21-18(22)20-11-15-10-19-12-26-15;1-19-11-3-2-4-13(9-11)20(17,18)12-7-5-10(6-8-12)14(15)16;1-17-11-3-2-4-13(9-11)18(15,16)12-7-5-10(14)6-8-12;1-17-11-3-2-4-13(9-11)18-12-7-5-10(6-8-12)14(15)16;8-7(9)10-6-4-2-1-3-5-6;1-8-6-3-2-4-7(9)5-6;7-5-1-3-6(4-2-5)8(9)10;5-1-4-2-6-3-7-4;;;;/h2-14H,1H3,(H,21,22);2-10,12H,11H2,1H3,(H2,20,21,22);2-9H,1H3;2-9H,14H2,1H3;2-9H,1H3;1-5H;2-5,9H,1H3;1-4H;2-3H,1,5H2;4*1H4. The number of urea groups is 1. The van der Waals surface area contributed by atoms with Crippen LogP contribution in [-0.4, -0.2) is 119 Å². The van der Waals surface area contributed by atoms with Crippen LogP contribution in [0.2, 0.25) is 0 Å². The van der Waals surface area contributed by atoms with Crippen molar-refractivity contribution in [2.75, 3.05) is 59.0 Å². The second kappa shape index (κ2) is 63.4. The summed E-state index contributed by atoms with van der Waals surface area (Å²) in [5.41, 5.74) is 11.1. The first kappa shape index (κ1) is 125. The van der Waals surface area contributed by atoms with Gasteiger partial charge in [0, 0.05) is 79.7 Å². The maximum Gasteiger partial charge on any atom is 0.417 e. The molecule has 0 aliphatic heterocycles. The number of nitrogens with one attached hydrogen (secondary N) is 3. The molecule has 16 rings (SSSR count). The summed E-state index contributed by atoms with van der Waals surface area (Å²) >= 11 is 10.6. The van der Waals surface area contributed by atoms with Crippen molar-refractivity contribution >= 4 is 127 Å². The Kier molecular flexibility index (Phi) is 53.0. The van der Waals surface area contributed by atoms with Crippen molar-refractivity contribution in [3.63, 3.8) is 0 Å². The van der Waals surface area contributed by atoms with E-state index in [0.29, 0.717) is 63.9 Å². The van der Waals surface area contributed by atoms with Gasteiger partial charge in [-0.05, 0) is 243 Å². The number of non-ortho nitro benzene ring substituents is 3. The number of anilines is 3. The number of nitrogen functional groups attached to an aromatic ring is 1. The van der Waals surface area contributed by atoms with Gasteiger partial charge in [0.25, 0.3) is 17.1 Å². The summed E-state index contributed by atoms with van der Waals surface area (Å²) in [5, 5.41) is 38.9. The molecule has 7 N–H and O–H groups in total. The number of amides is 3. The van der Waals surface area contributed by atoms with Crippen molar-refractivity contribution in [3.8, 4) is 46.0 Å². The third-order valence-corrected chi connectivity index (χ3v) is 27.1. The molecule has 0 radical (unpaired) electrons. The summed E-state index contributed by atoms with van der Waals surface area (Å²) < 4.78 is 162. The zero-order valence-corrected chi connectivity index (χ0v) is 83.6. The van der Waals surface area contributed by atoms with Crippen LogP contribution in [0.1, 0.15) is 41.2 Å². The second-order valence-electron chi connectivity index (χ2n) is 28.5. The number of aromatic nitrogens is 2. The summed E-state index contributed by atoms with van der Waals surface area (Å²) in [6, 6.07) is 90.4. The highest BCUT2D eigenvalue weighted by molar-refractivity contribution is 7.99. The van der Waals surface area contributed by atoms with Crippen LogP contribution in [0, 0.1) is 36.2 Å². The van der Waals surface area contributed by atoms with Gasteiger partial charge in [-0.15, -0.1) is 12.6 Å². The highest BCUT2D eigenvalue weighted by atomic mass is 35.5. The average Bonchev–Trinajstić information content (AvgIpc) is 1.77. The SMILES string of the molecule is C.C.C.C.COc1cccc(S(=O)(=O)c2ccc(N)cc2)c1.COc1cccc(S(=O)(=O)c2ccc(NC(=O)NCc3cnco3)cc2)c1.COc1cccc(S(=O)(=O)c2ccc(NC(=O)Oc3ccccc3)cc2)c1.COc1cccc(S(=O)(=O)c2ccc([N+](=O)[O-])cc2)c1.COc1cccc(S)c1.COc1cccc(Sc2ccc([N+](=O)[O-])cc2)c1.NCc1cnco1.O=C(Cl)Oc1ccccc1.O=[N+]([O-])c1ccc(F)cc1. The predicted octanol–water partition coefficient (Wildman–Crippen LogP) is 24.1. The Labute approximate surface area is 882 Å². The number of nitro groups is 3. The van der Waals surface area contributed by atoms with E-state index in [1.165, 1.54) is 193 Å². The average molecular weight is 2190 g/mol. The third kappa shape index (κ3) is 41.1. The van der Waals surface area contributed by atoms with Crippen molar-refractivity contribution in [1.29, 1.82) is 0 Å². The van der Waals surface area contributed by atoms with E-state index >= 15 is 0 Å². The molecule has 45 heteroatoms. The molecule has 0 fully saturated rings. The number of thiol groups is 1. The van der Waals surface area contributed by atoms with Crippen LogP contribution in [-0.2, 0) is 52.4 Å². The molecule has 790 valence electrons. The van der Waals surface area contributed by atoms with Crippen molar-refractivity contribution in [2.24, 2.45) is 5.73 Å². The van der Waals surface area contributed by atoms with Gasteiger partial charge in [-0.1, -0.05) is 114 Å². The normalized spacial score (nSPS) is 10.1. The number of para-hydroxylation sites is 2. The number of rotatable bonds is 26. The molecule has 0 unspecified atom stereocenters. The van der Waals surface area contributed by atoms with Gasteiger partial charge in [0.1, 0.15) is 63.3 Å². The van der Waals surface area contributed by atoms with Gasteiger partial charge in [-0.3, -0.25) is 35.7 Å². The summed E-state index contributed by atoms with van der Waals surface area (Å²) in [4.78, 5) is 74.7. The molecule has 16 aromatic rings. The van der Waals surface area contributed by atoms with E-state index in [9.17, 15) is 82.8 Å². The molecule has 2 aromatic heterocycles. The lowest BCUT2D eigenvalue weighted by Crippen LogP contribution is -2.27. The van der Waals surface area contributed by atoms with E-state index in [2.05, 4.69) is 43.3 Å². The lowest BCUT2D eigenvalue weighted by molar-refractivity contribution is -0.385. The summed E-state index contributed by atoms with van der Waals surface area (Å²) in [5.74, 6) is 5.13. The van der Waals surface area contributed by atoms with Crippen molar-refractivity contribution in [2.45, 2.75) is 96.6 Å². The molecule has 0 spiro atoms. The number of nitrogens with two attached hydrogens (primary N) is 2. The molecular formula is C105H108ClFN10O27S6. The molecule has 2 heterocycles. The number of carbonyl (C=O) groups is 3. The van der Waals surface area contributed by atoms with E-state index in [4.69, 9.17) is 65.1 Å². The largest absolute Gasteiger partial charge is 0.497 e. The van der Waals surface area contributed by atoms with Gasteiger partial charge in [0.2, 0.25) is 39.3 Å². The molecule has 0 bridgehead atoms. The van der Waals surface area contributed by atoms with E-state index in [0.717, 1.165) is 68.3 Å². The molecular weight excluding hydrogens is 2080 g/mol. The maximum absolute atomic E-state index is 12.7. The first-order valence-corrected chi connectivity index (χ1v) is 49.6. The first-order chi connectivity index (χ1) is 69.9. The predicted molar refractivity (Wildman–Crippen MR) is 572 cm³/mol. The Morgan fingerprint density at radius 3 is 1.03 bits per heavy atom. The quantitative estimate of drug-likeness (QED) is 0.00964. The van der Waals surface area contributed by atoms with Gasteiger partial charge >= 0.3 is 17.6 Å². The zero-order valence-electron chi connectivity index (χ0n) is 77.9. The van der Waals surface area contributed by atoms with E-state index in [1.54, 1.807) is 142 Å². The van der Waals surface area contributed by atoms with Crippen molar-refractivity contribution < 1.29 is 114 Å². The van der Waals surface area contributed by atoms with E-state index < -0.39 is 77.5 Å². The number of halogens is 2. The Bertz CT molecular complexity index is 7410. The fourth-order valence-electron chi connectivity index (χ4n) is 11.4.